The SMILES string of the molecule is Cc1ccc(-c2ccccc2[Te]S[Te]c2ccccc2-c2ccc(C)cc2)cc1. The van der Waals surface area contributed by atoms with E-state index in [1.54, 1.807) is 7.22 Å². The Balaban J connectivity index is 1.51. The average molecular weight is 622 g/mol. The van der Waals surface area contributed by atoms with Crippen LogP contribution in [0.25, 0.3) is 22.3 Å². The molecular weight excluding hydrogens is 600 g/mol. The van der Waals surface area contributed by atoms with E-state index in [2.05, 4.69) is 117 Å². The Morgan fingerprint density at radius 2 is 0.862 bits per heavy atom. The third-order valence-corrected chi connectivity index (χ3v) is 19.3. The van der Waals surface area contributed by atoms with E-state index in [1.807, 2.05) is 0 Å². The maximum absolute atomic E-state index is 2.34. The average Bonchev–Trinajstić information content (AvgIpc) is 2.76. The van der Waals surface area contributed by atoms with Gasteiger partial charge in [-0.3, -0.25) is 0 Å². The molecule has 0 aliphatic carbocycles. The number of hydrogen-bond acceptors (Lipinski definition) is 1. The second kappa shape index (κ2) is 10.2. The van der Waals surface area contributed by atoms with Crippen molar-refractivity contribution in [3.05, 3.63) is 108 Å². The maximum atomic E-state index is 2.34. The minimum absolute atomic E-state index is 0.274. The summed E-state index contributed by atoms with van der Waals surface area (Å²) in [5, 5.41) is 0. The van der Waals surface area contributed by atoms with Crippen molar-refractivity contribution in [3.8, 4) is 22.3 Å². The van der Waals surface area contributed by atoms with Gasteiger partial charge in [0, 0.05) is 0 Å². The molecule has 0 aliphatic rings. The Bertz CT molecular complexity index is 997. The van der Waals surface area contributed by atoms with Crippen molar-refractivity contribution in [2.24, 2.45) is 0 Å². The molecule has 0 N–H and O–H groups in total. The van der Waals surface area contributed by atoms with Gasteiger partial charge in [0.05, 0.1) is 0 Å². The molecule has 0 aromatic heterocycles. The summed E-state index contributed by atoms with van der Waals surface area (Å²) in [4.78, 5) is 0. The molecule has 0 saturated carbocycles. The molecular formula is C26H22STe2. The molecule has 0 heterocycles. The first-order valence-corrected chi connectivity index (χ1v) is 18.2. The molecule has 0 aliphatic heterocycles. The number of hydrogen-bond donors (Lipinski definition) is 0. The molecule has 0 saturated heterocycles. The molecule has 0 bridgehead atoms. The molecule has 29 heavy (non-hydrogen) atoms. The Hall–Kier alpha value is -1.19. The number of rotatable bonds is 6. The van der Waals surface area contributed by atoms with Crippen molar-refractivity contribution in [1.29, 1.82) is 0 Å². The van der Waals surface area contributed by atoms with Gasteiger partial charge in [-0.25, -0.2) is 0 Å². The fourth-order valence-corrected chi connectivity index (χ4v) is 19.5. The summed E-state index contributed by atoms with van der Waals surface area (Å²) in [6.07, 6.45) is 2.24. The molecule has 0 fully saturated rings. The van der Waals surface area contributed by atoms with Gasteiger partial charge in [-0.2, -0.15) is 0 Å². The summed E-state index contributed by atoms with van der Waals surface area (Å²) in [5.74, 6) is 0. The molecule has 4 aromatic carbocycles. The van der Waals surface area contributed by atoms with Crippen LogP contribution in [0.3, 0.4) is 0 Å². The Kier molecular flexibility index (Phi) is 7.42. The summed E-state index contributed by atoms with van der Waals surface area (Å²) in [7, 11) is 0. The van der Waals surface area contributed by atoms with Gasteiger partial charge in [-0.05, 0) is 0 Å². The van der Waals surface area contributed by atoms with E-state index in [1.165, 1.54) is 33.4 Å². The van der Waals surface area contributed by atoms with Crippen LogP contribution >= 0.6 is 6.22 Å². The van der Waals surface area contributed by atoms with Crippen LogP contribution < -0.4 is 7.22 Å². The van der Waals surface area contributed by atoms with Crippen molar-refractivity contribution in [2.45, 2.75) is 13.8 Å². The number of aryl methyl sites for hydroxylation is 2. The molecule has 4 aromatic rings. The summed E-state index contributed by atoms with van der Waals surface area (Å²) in [6.45, 7) is 4.30. The predicted octanol–water partition coefficient (Wildman–Crippen LogP) is 5.56. The minimum atomic E-state index is -0.274. The molecule has 0 unspecified atom stereocenters. The Labute approximate surface area is 195 Å². The van der Waals surface area contributed by atoms with Crippen molar-refractivity contribution in [1.82, 2.24) is 0 Å². The third kappa shape index (κ3) is 5.49. The van der Waals surface area contributed by atoms with Gasteiger partial charge >= 0.3 is 197 Å². The number of benzene rings is 4. The summed E-state index contributed by atoms with van der Waals surface area (Å²) in [6, 6.07) is 35.9. The van der Waals surface area contributed by atoms with Crippen molar-refractivity contribution in [2.75, 3.05) is 0 Å². The van der Waals surface area contributed by atoms with Crippen LogP contribution in [0.2, 0.25) is 0 Å². The van der Waals surface area contributed by atoms with Crippen LogP contribution in [0.15, 0.2) is 97.1 Å². The van der Waals surface area contributed by atoms with Crippen LogP contribution in [-0.2, 0) is 0 Å². The molecule has 0 radical (unpaired) electrons. The van der Waals surface area contributed by atoms with Crippen molar-refractivity contribution in [3.63, 3.8) is 0 Å². The predicted molar refractivity (Wildman–Crippen MR) is 132 cm³/mol. The summed E-state index contributed by atoms with van der Waals surface area (Å²) < 4.78 is 3.12. The van der Waals surface area contributed by atoms with E-state index in [0.29, 0.717) is 0 Å². The van der Waals surface area contributed by atoms with Gasteiger partial charge in [0.15, 0.2) is 0 Å². The monoisotopic (exact) mass is 626 g/mol. The Morgan fingerprint density at radius 3 is 1.28 bits per heavy atom. The zero-order valence-electron chi connectivity index (χ0n) is 16.5. The first-order valence-electron chi connectivity index (χ1n) is 9.54. The molecule has 4 rings (SSSR count). The fourth-order valence-electron chi connectivity index (χ4n) is 3.11. The van der Waals surface area contributed by atoms with E-state index >= 15 is 0 Å². The van der Waals surface area contributed by atoms with Crippen molar-refractivity contribution < 1.29 is 0 Å². The first-order chi connectivity index (χ1) is 14.2. The van der Waals surface area contributed by atoms with Crippen LogP contribution in [-0.4, -0.2) is 39.1 Å². The molecule has 3 heteroatoms. The van der Waals surface area contributed by atoms with E-state index in [4.69, 9.17) is 0 Å². The van der Waals surface area contributed by atoms with Gasteiger partial charge in [-0.15, -0.1) is 0 Å². The van der Waals surface area contributed by atoms with Crippen LogP contribution in [0, 0.1) is 13.8 Å². The summed E-state index contributed by atoms with van der Waals surface area (Å²) in [5.41, 5.74) is 8.16. The normalized spacial score (nSPS) is 10.8. The van der Waals surface area contributed by atoms with Crippen molar-refractivity contribution >= 4 is 52.5 Å². The zero-order valence-corrected chi connectivity index (χ0v) is 21.9. The van der Waals surface area contributed by atoms with Gasteiger partial charge in [0.1, 0.15) is 0 Å². The second-order valence-electron chi connectivity index (χ2n) is 6.96. The first kappa shape index (κ1) is 21.1. The topological polar surface area (TPSA) is 0 Å². The van der Waals surface area contributed by atoms with Crippen LogP contribution in [0.4, 0.5) is 0 Å². The second-order valence-corrected chi connectivity index (χ2v) is 21.8. The van der Waals surface area contributed by atoms with E-state index in [0.717, 1.165) is 0 Å². The van der Waals surface area contributed by atoms with E-state index in [-0.39, 0.29) is 39.1 Å². The van der Waals surface area contributed by atoms with Gasteiger partial charge in [-0.1, -0.05) is 0 Å². The zero-order chi connectivity index (χ0) is 20.1. The van der Waals surface area contributed by atoms with E-state index < -0.39 is 0 Å². The quantitative estimate of drug-likeness (QED) is 0.254. The fraction of sp³-hybridized carbons (Fsp3) is 0.0769. The van der Waals surface area contributed by atoms with Crippen LogP contribution in [0.1, 0.15) is 11.1 Å². The van der Waals surface area contributed by atoms with E-state index in [9.17, 15) is 0 Å². The molecule has 0 nitrogen and oxygen atoms in total. The van der Waals surface area contributed by atoms with Crippen LogP contribution in [0.5, 0.6) is 0 Å². The Morgan fingerprint density at radius 1 is 0.483 bits per heavy atom. The standard InChI is InChI=1S/C26H22STe2/c1-19-11-15-21(16-12-19)23-7-3-5-9-25(23)28-27-29-26-10-6-4-8-24(26)22-17-13-20(2)14-18-22/h3-18H,1-2H3. The van der Waals surface area contributed by atoms with Gasteiger partial charge < -0.3 is 0 Å². The molecule has 144 valence electrons. The third-order valence-electron chi connectivity index (χ3n) is 4.75. The molecule has 0 amide bonds. The van der Waals surface area contributed by atoms with Gasteiger partial charge in [0.25, 0.3) is 0 Å². The molecule has 0 atom stereocenters. The molecule has 0 spiro atoms. The summed E-state index contributed by atoms with van der Waals surface area (Å²) >= 11 is -0.548. The van der Waals surface area contributed by atoms with Gasteiger partial charge in [0.2, 0.25) is 0 Å².